The molecule has 0 aliphatic carbocycles. The summed E-state index contributed by atoms with van der Waals surface area (Å²) in [6, 6.07) is 21.0. The topological polar surface area (TPSA) is 104 Å². The number of nitrogens with one attached hydrogen (secondary N) is 3. The summed E-state index contributed by atoms with van der Waals surface area (Å²) in [5.41, 5.74) is 1.29. The van der Waals surface area contributed by atoms with Gasteiger partial charge in [-0.1, -0.05) is 34.1 Å². The highest BCUT2D eigenvalue weighted by Gasteiger charge is 2.15. The van der Waals surface area contributed by atoms with Crippen LogP contribution in [0.3, 0.4) is 0 Å². The van der Waals surface area contributed by atoms with E-state index in [1.54, 1.807) is 54.6 Å². The Balaban J connectivity index is 1.56. The second-order valence-electron chi connectivity index (χ2n) is 6.23. The SMILES string of the molecule is O=C(CNC(=O)c1ccc(S(=O)(=O)Nc2ccccc2)cc1)Nc1ccc(Br)cc1. The maximum atomic E-state index is 12.4. The molecular formula is C21H18BrN3O4S. The van der Waals surface area contributed by atoms with Gasteiger partial charge in [0, 0.05) is 21.4 Å². The number of benzene rings is 3. The van der Waals surface area contributed by atoms with E-state index in [0.717, 1.165) is 4.47 Å². The monoisotopic (exact) mass is 487 g/mol. The number of anilines is 2. The van der Waals surface area contributed by atoms with Gasteiger partial charge in [-0.05, 0) is 60.7 Å². The third-order valence-electron chi connectivity index (χ3n) is 3.99. The highest BCUT2D eigenvalue weighted by atomic mass is 79.9. The molecule has 0 spiro atoms. The molecule has 0 aromatic heterocycles. The van der Waals surface area contributed by atoms with E-state index in [-0.39, 0.29) is 22.9 Å². The van der Waals surface area contributed by atoms with Crippen LogP contribution in [0.4, 0.5) is 11.4 Å². The van der Waals surface area contributed by atoms with Crippen LogP contribution in [0, 0.1) is 0 Å². The molecule has 3 rings (SSSR count). The Bertz CT molecular complexity index is 1130. The van der Waals surface area contributed by atoms with Crippen molar-refractivity contribution in [2.45, 2.75) is 4.90 Å². The summed E-state index contributed by atoms with van der Waals surface area (Å²) in [7, 11) is -3.77. The standard InChI is InChI=1S/C21H18BrN3O4S/c22-16-8-10-17(11-9-16)24-20(26)14-23-21(27)15-6-12-19(13-7-15)30(28,29)25-18-4-2-1-3-5-18/h1-13,25H,14H2,(H,23,27)(H,24,26). The van der Waals surface area contributed by atoms with Crippen LogP contribution in [0.25, 0.3) is 0 Å². The normalized spacial score (nSPS) is 10.8. The summed E-state index contributed by atoms with van der Waals surface area (Å²) in [6.07, 6.45) is 0. The van der Waals surface area contributed by atoms with Gasteiger partial charge in [-0.3, -0.25) is 14.3 Å². The minimum atomic E-state index is -3.77. The molecule has 30 heavy (non-hydrogen) atoms. The summed E-state index contributed by atoms with van der Waals surface area (Å²) < 4.78 is 28.2. The first kappa shape index (κ1) is 21.5. The van der Waals surface area contributed by atoms with Crippen molar-refractivity contribution in [1.29, 1.82) is 0 Å². The Morgan fingerprint density at radius 3 is 2.07 bits per heavy atom. The summed E-state index contributed by atoms with van der Waals surface area (Å²) in [5.74, 6) is -0.863. The van der Waals surface area contributed by atoms with Gasteiger partial charge in [0.2, 0.25) is 5.91 Å². The van der Waals surface area contributed by atoms with E-state index in [2.05, 4.69) is 31.3 Å². The van der Waals surface area contributed by atoms with Crippen LogP contribution in [-0.4, -0.2) is 26.8 Å². The van der Waals surface area contributed by atoms with E-state index in [1.165, 1.54) is 24.3 Å². The summed E-state index contributed by atoms with van der Waals surface area (Å²) in [5, 5.41) is 5.17. The van der Waals surface area contributed by atoms with Gasteiger partial charge in [-0.15, -0.1) is 0 Å². The molecule has 0 bridgehead atoms. The molecule has 0 heterocycles. The van der Waals surface area contributed by atoms with E-state index in [9.17, 15) is 18.0 Å². The second-order valence-corrected chi connectivity index (χ2v) is 8.83. The summed E-state index contributed by atoms with van der Waals surface area (Å²) in [6.45, 7) is -0.218. The van der Waals surface area contributed by atoms with E-state index >= 15 is 0 Å². The molecule has 0 saturated heterocycles. The smallest absolute Gasteiger partial charge is 0.261 e. The van der Waals surface area contributed by atoms with Gasteiger partial charge >= 0.3 is 0 Å². The average molecular weight is 488 g/mol. The predicted octanol–water partition coefficient (Wildman–Crippen LogP) is 3.62. The fourth-order valence-electron chi connectivity index (χ4n) is 2.51. The molecular weight excluding hydrogens is 470 g/mol. The molecule has 154 valence electrons. The van der Waals surface area contributed by atoms with Crippen LogP contribution >= 0.6 is 15.9 Å². The molecule has 3 N–H and O–H groups in total. The summed E-state index contributed by atoms with van der Waals surface area (Å²) in [4.78, 5) is 24.2. The minimum Gasteiger partial charge on any atom is -0.343 e. The number of sulfonamides is 1. The number of carbonyl (C=O) groups is 2. The molecule has 0 aliphatic heterocycles. The fourth-order valence-corrected chi connectivity index (χ4v) is 3.83. The maximum absolute atomic E-state index is 12.4. The van der Waals surface area contributed by atoms with Gasteiger partial charge in [-0.25, -0.2) is 8.42 Å². The summed E-state index contributed by atoms with van der Waals surface area (Å²) >= 11 is 3.31. The first-order valence-corrected chi connectivity index (χ1v) is 11.1. The van der Waals surface area contributed by atoms with Gasteiger partial charge < -0.3 is 10.6 Å². The van der Waals surface area contributed by atoms with Gasteiger partial charge in [0.25, 0.3) is 15.9 Å². The van der Waals surface area contributed by atoms with Crippen molar-refractivity contribution in [3.63, 3.8) is 0 Å². The maximum Gasteiger partial charge on any atom is 0.261 e. The Hall–Kier alpha value is -3.17. The lowest BCUT2D eigenvalue weighted by molar-refractivity contribution is -0.115. The molecule has 0 radical (unpaired) electrons. The quantitative estimate of drug-likeness (QED) is 0.473. The molecule has 0 aliphatic rings. The lowest BCUT2D eigenvalue weighted by Crippen LogP contribution is -2.32. The number of carbonyl (C=O) groups excluding carboxylic acids is 2. The van der Waals surface area contributed by atoms with Crippen LogP contribution in [0.1, 0.15) is 10.4 Å². The molecule has 0 saturated carbocycles. The van der Waals surface area contributed by atoms with Gasteiger partial charge in [0.1, 0.15) is 0 Å². The Morgan fingerprint density at radius 1 is 0.800 bits per heavy atom. The Morgan fingerprint density at radius 2 is 1.43 bits per heavy atom. The molecule has 3 aromatic carbocycles. The molecule has 0 atom stereocenters. The average Bonchev–Trinajstić information content (AvgIpc) is 2.74. The van der Waals surface area contributed by atoms with E-state index in [0.29, 0.717) is 11.4 Å². The Kier molecular flexibility index (Phi) is 6.86. The zero-order valence-electron chi connectivity index (χ0n) is 15.6. The first-order valence-electron chi connectivity index (χ1n) is 8.85. The van der Waals surface area contributed by atoms with Crippen molar-refractivity contribution >= 4 is 49.1 Å². The zero-order chi connectivity index (χ0) is 21.6. The lowest BCUT2D eigenvalue weighted by atomic mass is 10.2. The van der Waals surface area contributed by atoms with Crippen LogP contribution in [-0.2, 0) is 14.8 Å². The van der Waals surface area contributed by atoms with Crippen molar-refractivity contribution in [1.82, 2.24) is 5.32 Å². The number of para-hydroxylation sites is 1. The zero-order valence-corrected chi connectivity index (χ0v) is 18.0. The van der Waals surface area contributed by atoms with Gasteiger partial charge in [-0.2, -0.15) is 0 Å². The minimum absolute atomic E-state index is 0.0240. The van der Waals surface area contributed by atoms with Crippen LogP contribution < -0.4 is 15.4 Å². The van der Waals surface area contributed by atoms with Crippen LogP contribution in [0.2, 0.25) is 0 Å². The fraction of sp³-hybridized carbons (Fsp3) is 0.0476. The first-order chi connectivity index (χ1) is 14.3. The number of hydrogen-bond acceptors (Lipinski definition) is 4. The highest BCUT2D eigenvalue weighted by molar-refractivity contribution is 9.10. The molecule has 0 unspecified atom stereocenters. The molecule has 3 aromatic rings. The second kappa shape index (κ2) is 9.55. The van der Waals surface area contributed by atoms with E-state index in [4.69, 9.17) is 0 Å². The number of amides is 2. The van der Waals surface area contributed by atoms with Crippen LogP contribution in [0.5, 0.6) is 0 Å². The van der Waals surface area contributed by atoms with Crippen LogP contribution in [0.15, 0.2) is 88.2 Å². The van der Waals surface area contributed by atoms with Gasteiger partial charge in [0.05, 0.1) is 11.4 Å². The number of hydrogen-bond donors (Lipinski definition) is 3. The van der Waals surface area contributed by atoms with Gasteiger partial charge in [0.15, 0.2) is 0 Å². The molecule has 7 nitrogen and oxygen atoms in total. The largest absolute Gasteiger partial charge is 0.343 e. The van der Waals surface area contributed by atoms with Crippen molar-refractivity contribution in [3.05, 3.63) is 88.9 Å². The number of halogens is 1. The molecule has 2 amide bonds. The van der Waals surface area contributed by atoms with Crippen molar-refractivity contribution in [2.75, 3.05) is 16.6 Å². The van der Waals surface area contributed by atoms with E-state index in [1.807, 2.05) is 0 Å². The van der Waals surface area contributed by atoms with Crippen molar-refractivity contribution in [2.24, 2.45) is 0 Å². The molecule has 9 heteroatoms. The van der Waals surface area contributed by atoms with E-state index < -0.39 is 15.9 Å². The Labute approximate surface area is 182 Å². The highest BCUT2D eigenvalue weighted by Crippen LogP contribution is 2.16. The number of rotatable bonds is 7. The predicted molar refractivity (Wildman–Crippen MR) is 119 cm³/mol. The third kappa shape index (κ3) is 5.91. The van der Waals surface area contributed by atoms with Crippen molar-refractivity contribution < 1.29 is 18.0 Å². The third-order valence-corrected chi connectivity index (χ3v) is 5.92. The lowest BCUT2D eigenvalue weighted by Gasteiger charge is -2.09. The molecule has 0 fully saturated rings. The van der Waals surface area contributed by atoms with Crippen molar-refractivity contribution in [3.8, 4) is 0 Å².